The van der Waals surface area contributed by atoms with Crippen molar-refractivity contribution in [2.75, 3.05) is 10.7 Å². The van der Waals surface area contributed by atoms with Crippen LogP contribution in [-0.4, -0.2) is 22.1 Å². The number of hydrogen-bond acceptors (Lipinski definition) is 4. The van der Waals surface area contributed by atoms with E-state index in [4.69, 9.17) is 0 Å². The topological polar surface area (TPSA) is 96.3 Å². The van der Waals surface area contributed by atoms with Gasteiger partial charge in [-0.15, -0.1) is 0 Å². The molecule has 2 aromatic rings. The molecule has 0 radical (unpaired) electrons. The molecule has 1 aliphatic heterocycles. The van der Waals surface area contributed by atoms with Gasteiger partial charge in [0, 0.05) is 29.3 Å². The largest absolute Gasteiger partial charge is 0.611 e. The highest BCUT2D eigenvalue weighted by molar-refractivity contribution is 7.91. The zero-order chi connectivity index (χ0) is 23.9. The lowest BCUT2D eigenvalue weighted by Crippen LogP contribution is -2.47. The van der Waals surface area contributed by atoms with Crippen molar-refractivity contribution < 1.29 is 27.3 Å². The minimum absolute atomic E-state index is 0.000150. The van der Waals surface area contributed by atoms with Crippen molar-refractivity contribution in [2.24, 2.45) is 0 Å². The first kappa shape index (κ1) is 22.9. The van der Waals surface area contributed by atoms with E-state index in [2.05, 4.69) is 5.32 Å². The van der Waals surface area contributed by atoms with Crippen LogP contribution in [0.5, 0.6) is 0 Å². The summed E-state index contributed by atoms with van der Waals surface area (Å²) >= 11 is -1.48. The Bertz CT molecular complexity index is 1220. The third-order valence-corrected chi connectivity index (χ3v) is 6.99. The molecule has 0 spiro atoms. The minimum Gasteiger partial charge on any atom is -0.611 e. The van der Waals surface area contributed by atoms with E-state index in [1.165, 1.54) is 24.3 Å². The number of hydrogen-bond donors (Lipinski definition) is 1. The molecular formula is C23H18F3N3O3S. The molecule has 2 atom stereocenters. The van der Waals surface area contributed by atoms with Gasteiger partial charge < -0.3 is 9.87 Å². The average Bonchev–Trinajstić information content (AvgIpc) is 3.18. The summed E-state index contributed by atoms with van der Waals surface area (Å²) in [5.41, 5.74) is 0.384. The van der Waals surface area contributed by atoms with Gasteiger partial charge in [0.1, 0.15) is 5.75 Å². The van der Waals surface area contributed by atoms with Gasteiger partial charge in [0.2, 0.25) is 0 Å². The van der Waals surface area contributed by atoms with E-state index < -0.39 is 35.0 Å². The Balaban J connectivity index is 1.85. The van der Waals surface area contributed by atoms with Crippen molar-refractivity contribution >= 4 is 28.7 Å². The fourth-order valence-corrected chi connectivity index (χ4v) is 5.15. The van der Waals surface area contributed by atoms with Gasteiger partial charge >= 0.3 is 12.2 Å². The van der Waals surface area contributed by atoms with Crippen LogP contribution in [0.4, 0.5) is 23.7 Å². The Labute approximate surface area is 190 Å². The molecule has 0 fully saturated rings. The summed E-state index contributed by atoms with van der Waals surface area (Å²) in [4.78, 5) is 27.4. The molecule has 2 unspecified atom stereocenters. The van der Waals surface area contributed by atoms with E-state index in [1.54, 1.807) is 13.0 Å². The normalized spacial score (nSPS) is 19.3. The summed E-state index contributed by atoms with van der Waals surface area (Å²) in [6.07, 6.45) is -4.29. The number of urea groups is 1. The number of halogens is 3. The van der Waals surface area contributed by atoms with Gasteiger partial charge in [-0.3, -0.25) is 9.69 Å². The maximum absolute atomic E-state index is 13.2. The number of rotatable bonds is 4. The lowest BCUT2D eigenvalue weighted by Gasteiger charge is -2.35. The quantitative estimate of drug-likeness (QED) is 0.657. The molecule has 170 valence electrons. The number of anilines is 1. The number of ketones is 1. The molecule has 0 aromatic heterocycles. The molecule has 33 heavy (non-hydrogen) atoms. The third-order valence-electron chi connectivity index (χ3n) is 5.62. The van der Waals surface area contributed by atoms with E-state index in [9.17, 15) is 32.6 Å². The Kier molecular flexibility index (Phi) is 5.95. The van der Waals surface area contributed by atoms with Crippen molar-refractivity contribution in [3.05, 3.63) is 70.4 Å². The van der Waals surface area contributed by atoms with Crippen LogP contribution in [0.1, 0.15) is 42.5 Å². The lowest BCUT2D eigenvalue weighted by molar-refractivity contribution is -0.137. The summed E-state index contributed by atoms with van der Waals surface area (Å²) in [5, 5.41) is 11.9. The van der Waals surface area contributed by atoms with Gasteiger partial charge in [0.15, 0.2) is 10.7 Å². The predicted molar refractivity (Wildman–Crippen MR) is 115 cm³/mol. The summed E-state index contributed by atoms with van der Waals surface area (Å²) < 4.78 is 52.4. The first-order chi connectivity index (χ1) is 15.7. The van der Waals surface area contributed by atoms with Gasteiger partial charge in [0.05, 0.1) is 28.9 Å². The smallest absolute Gasteiger partial charge is 0.416 e. The number of nitrogens with one attached hydrogen (secondary N) is 1. The predicted octanol–water partition coefficient (Wildman–Crippen LogP) is 4.59. The summed E-state index contributed by atoms with van der Waals surface area (Å²) in [5.74, 6) is 0.0169. The summed E-state index contributed by atoms with van der Waals surface area (Å²) in [6.45, 7) is 1.71. The highest BCUT2D eigenvalue weighted by Gasteiger charge is 2.43. The number of allylic oxidation sites excluding steroid dienone is 1. The fourth-order valence-electron chi connectivity index (χ4n) is 4.13. The molecule has 0 saturated heterocycles. The molecule has 10 heteroatoms. The summed E-state index contributed by atoms with van der Waals surface area (Å²) in [6, 6.07) is 9.28. The molecular weight excluding hydrogens is 455 g/mol. The molecule has 0 saturated carbocycles. The van der Waals surface area contributed by atoms with Crippen LogP contribution in [0.15, 0.2) is 58.6 Å². The van der Waals surface area contributed by atoms with E-state index in [1.807, 2.05) is 6.07 Å². The Hall–Kier alpha value is -3.29. The Morgan fingerprint density at radius 2 is 1.97 bits per heavy atom. The molecule has 2 aromatic carbocycles. The van der Waals surface area contributed by atoms with Crippen LogP contribution in [0.3, 0.4) is 0 Å². The average molecular weight is 473 g/mol. The molecule has 1 N–H and O–H groups in total. The molecule has 4 rings (SSSR count). The first-order valence-corrected chi connectivity index (χ1v) is 11.4. The fraction of sp³-hybridized carbons (Fsp3) is 0.261. The van der Waals surface area contributed by atoms with Crippen molar-refractivity contribution in [1.29, 1.82) is 5.26 Å². The second-order valence-corrected chi connectivity index (χ2v) is 9.26. The molecule has 1 heterocycles. The van der Waals surface area contributed by atoms with Gasteiger partial charge in [-0.25, -0.2) is 4.79 Å². The van der Waals surface area contributed by atoms with E-state index in [-0.39, 0.29) is 41.2 Å². The van der Waals surface area contributed by atoms with Gasteiger partial charge in [-0.1, -0.05) is 12.1 Å². The van der Waals surface area contributed by atoms with E-state index in [0.29, 0.717) is 16.2 Å². The van der Waals surface area contributed by atoms with Gasteiger partial charge in [-0.2, -0.15) is 18.4 Å². The zero-order valence-corrected chi connectivity index (χ0v) is 18.2. The third kappa shape index (κ3) is 4.10. The molecule has 2 aliphatic rings. The highest BCUT2D eigenvalue weighted by atomic mass is 32.2. The second-order valence-electron chi connectivity index (χ2n) is 7.55. The highest BCUT2D eigenvalue weighted by Crippen LogP contribution is 2.43. The lowest BCUT2D eigenvalue weighted by atomic mass is 9.94. The molecule has 0 bridgehead atoms. The number of benzene rings is 2. The number of nitriles is 1. The minimum atomic E-state index is -4.59. The van der Waals surface area contributed by atoms with Crippen LogP contribution >= 0.6 is 0 Å². The van der Waals surface area contributed by atoms with E-state index in [0.717, 1.165) is 17.0 Å². The van der Waals surface area contributed by atoms with Crippen molar-refractivity contribution in [2.45, 2.75) is 36.9 Å². The molecule has 2 amide bonds. The standard InChI is InChI=1S/C23H18F3N3O3S/c1-2-33(32)19-10-13(12-27)6-7-16(19)21-20-17(8-9-18(20)30)29(22(31)28-21)15-5-3-4-14(11-15)23(24,25)26/h3-7,10-11,21H,2,8-9H2,1H3,(H,28,31). The van der Waals surface area contributed by atoms with Crippen LogP contribution < -0.4 is 10.2 Å². The Morgan fingerprint density at radius 3 is 2.64 bits per heavy atom. The number of amides is 2. The monoisotopic (exact) mass is 473 g/mol. The van der Waals surface area contributed by atoms with Crippen LogP contribution in [-0.2, 0) is 22.1 Å². The number of nitrogens with zero attached hydrogens (tertiary/aromatic N) is 2. The van der Waals surface area contributed by atoms with Gasteiger partial charge in [0.25, 0.3) is 0 Å². The Morgan fingerprint density at radius 1 is 1.21 bits per heavy atom. The number of carbonyl (C=O) groups excluding carboxylic acids is 2. The van der Waals surface area contributed by atoms with E-state index >= 15 is 0 Å². The molecule has 1 aliphatic carbocycles. The van der Waals surface area contributed by atoms with Gasteiger partial charge in [-0.05, 0) is 48.8 Å². The number of Topliss-reactive ketones (excluding diaryl/α,β-unsaturated/α-hetero) is 1. The maximum atomic E-state index is 13.2. The number of carbonyl (C=O) groups is 2. The van der Waals surface area contributed by atoms with Crippen LogP contribution in [0.25, 0.3) is 0 Å². The first-order valence-electron chi connectivity index (χ1n) is 10.1. The van der Waals surface area contributed by atoms with Crippen molar-refractivity contribution in [1.82, 2.24) is 5.32 Å². The zero-order valence-electron chi connectivity index (χ0n) is 17.4. The summed E-state index contributed by atoms with van der Waals surface area (Å²) in [7, 11) is 0. The van der Waals surface area contributed by atoms with Crippen LogP contribution in [0.2, 0.25) is 0 Å². The maximum Gasteiger partial charge on any atom is 0.416 e. The van der Waals surface area contributed by atoms with Crippen molar-refractivity contribution in [3.63, 3.8) is 0 Å². The van der Waals surface area contributed by atoms with Crippen LogP contribution in [0, 0.1) is 11.3 Å². The van der Waals surface area contributed by atoms with Crippen molar-refractivity contribution in [3.8, 4) is 6.07 Å². The second kappa shape index (κ2) is 8.57. The number of alkyl halides is 3. The molecule has 6 nitrogen and oxygen atoms in total. The SMILES string of the molecule is CC[S+]([O-])c1cc(C#N)ccc1C1NC(=O)N(c2cccc(C(F)(F)F)c2)C2=C1C(=O)CC2.